The molecule has 0 bridgehead atoms. The molecule has 1 N–H and O–H groups in total. The van der Waals surface area contributed by atoms with Crippen LogP contribution in [0.2, 0.25) is 0 Å². The van der Waals surface area contributed by atoms with Crippen molar-refractivity contribution in [3.8, 4) is 5.75 Å². The zero-order valence-corrected chi connectivity index (χ0v) is 18.3. The summed E-state index contributed by atoms with van der Waals surface area (Å²) < 4.78 is 5.34. The van der Waals surface area contributed by atoms with Crippen molar-refractivity contribution in [1.29, 1.82) is 0 Å². The predicted octanol–water partition coefficient (Wildman–Crippen LogP) is 3.95. The van der Waals surface area contributed by atoms with E-state index in [-0.39, 0.29) is 23.8 Å². The Morgan fingerprint density at radius 3 is 2.53 bits per heavy atom. The van der Waals surface area contributed by atoms with E-state index in [0.29, 0.717) is 30.0 Å². The lowest BCUT2D eigenvalue weighted by Crippen LogP contribution is -2.39. The summed E-state index contributed by atoms with van der Waals surface area (Å²) in [5, 5.41) is 3.05. The molecule has 1 fully saturated rings. The number of ether oxygens (including phenoxy) is 1. The summed E-state index contributed by atoms with van der Waals surface area (Å²) in [5.41, 5.74) is 2.98. The van der Waals surface area contributed by atoms with E-state index in [9.17, 15) is 9.59 Å². The van der Waals surface area contributed by atoms with Gasteiger partial charge >= 0.3 is 0 Å². The highest BCUT2D eigenvalue weighted by molar-refractivity contribution is 5.97. The fourth-order valence-electron chi connectivity index (χ4n) is 3.83. The fourth-order valence-corrected chi connectivity index (χ4v) is 3.83. The summed E-state index contributed by atoms with van der Waals surface area (Å²) in [6.07, 6.45) is 2.44. The van der Waals surface area contributed by atoms with Gasteiger partial charge in [-0.05, 0) is 57.4 Å². The van der Waals surface area contributed by atoms with E-state index in [4.69, 9.17) is 9.72 Å². The molecule has 1 atom stereocenters. The summed E-state index contributed by atoms with van der Waals surface area (Å²) in [7, 11) is 1.58. The number of carbonyl (C=O) groups is 2. The number of nitrogens with zero attached hydrogens (tertiary/aromatic N) is 2. The van der Waals surface area contributed by atoms with Crippen molar-refractivity contribution in [2.75, 3.05) is 20.2 Å². The highest BCUT2D eigenvalue weighted by Crippen LogP contribution is 2.31. The lowest BCUT2D eigenvalue weighted by molar-refractivity contribution is 0.0707. The minimum absolute atomic E-state index is 0.0159. The Labute approximate surface area is 178 Å². The average molecular weight is 410 g/mol. The maximum absolute atomic E-state index is 13.0. The molecule has 1 aromatic heterocycles. The van der Waals surface area contributed by atoms with Crippen molar-refractivity contribution < 1.29 is 14.3 Å². The number of hydrogen-bond acceptors (Lipinski definition) is 4. The molecule has 1 aromatic carbocycles. The molecule has 0 radical (unpaired) electrons. The van der Waals surface area contributed by atoms with Crippen LogP contribution in [-0.4, -0.2) is 47.9 Å². The van der Waals surface area contributed by atoms with Crippen molar-refractivity contribution in [2.45, 2.75) is 52.0 Å². The van der Waals surface area contributed by atoms with Crippen LogP contribution >= 0.6 is 0 Å². The number of pyridine rings is 1. The largest absolute Gasteiger partial charge is 0.496 e. The van der Waals surface area contributed by atoms with Crippen LogP contribution in [-0.2, 0) is 0 Å². The minimum atomic E-state index is -0.0700. The lowest BCUT2D eigenvalue weighted by Gasteiger charge is -2.33. The summed E-state index contributed by atoms with van der Waals surface area (Å²) in [6, 6.07) is 11.2. The smallest absolute Gasteiger partial charge is 0.257 e. The highest BCUT2D eigenvalue weighted by Gasteiger charge is 2.29. The maximum Gasteiger partial charge on any atom is 0.257 e. The van der Waals surface area contributed by atoms with Crippen LogP contribution in [0.4, 0.5) is 0 Å². The third-order valence-electron chi connectivity index (χ3n) is 5.80. The Morgan fingerprint density at radius 2 is 1.87 bits per heavy atom. The minimum Gasteiger partial charge on any atom is -0.496 e. The van der Waals surface area contributed by atoms with Gasteiger partial charge in [-0.15, -0.1) is 0 Å². The topological polar surface area (TPSA) is 71.5 Å². The van der Waals surface area contributed by atoms with Crippen molar-refractivity contribution in [1.82, 2.24) is 15.2 Å². The van der Waals surface area contributed by atoms with Gasteiger partial charge in [-0.1, -0.05) is 19.1 Å². The number of carbonyl (C=O) groups excluding carboxylic acids is 2. The van der Waals surface area contributed by atoms with Crippen LogP contribution in [0.15, 0.2) is 36.4 Å². The van der Waals surface area contributed by atoms with E-state index in [0.717, 1.165) is 30.7 Å². The standard InChI is InChI=1S/C24H31N3O3/c1-5-16(2)26-23(28)20-11-10-17(3)25-22(20)18-12-14-27(15-13-18)24(29)19-8-6-7-9-21(19)30-4/h6-11,16,18H,5,12-15H2,1-4H3,(H,26,28)/t16-/m0/s1. The molecule has 2 heterocycles. The van der Waals surface area contributed by atoms with Crippen molar-refractivity contribution in [2.24, 2.45) is 0 Å². The number of piperidine rings is 1. The van der Waals surface area contributed by atoms with E-state index < -0.39 is 0 Å². The predicted molar refractivity (Wildman–Crippen MR) is 117 cm³/mol. The third kappa shape index (κ3) is 4.81. The van der Waals surface area contributed by atoms with Gasteiger partial charge in [0.05, 0.1) is 23.9 Å². The van der Waals surface area contributed by atoms with E-state index >= 15 is 0 Å². The van der Waals surface area contributed by atoms with Gasteiger partial charge in [0.2, 0.25) is 0 Å². The summed E-state index contributed by atoms with van der Waals surface area (Å²) in [5.74, 6) is 0.662. The Kier molecular flexibility index (Phi) is 7.08. The van der Waals surface area contributed by atoms with Gasteiger partial charge < -0.3 is 15.0 Å². The van der Waals surface area contributed by atoms with Crippen molar-refractivity contribution >= 4 is 11.8 Å². The Bertz CT molecular complexity index is 904. The molecule has 3 rings (SSSR count). The Morgan fingerprint density at radius 1 is 1.17 bits per heavy atom. The van der Waals surface area contributed by atoms with Crippen LogP contribution in [0.1, 0.15) is 71.1 Å². The van der Waals surface area contributed by atoms with Gasteiger partial charge in [-0.25, -0.2) is 0 Å². The van der Waals surface area contributed by atoms with Crippen LogP contribution in [0.25, 0.3) is 0 Å². The molecule has 0 spiro atoms. The molecular formula is C24H31N3O3. The number of likely N-dealkylation sites (tertiary alicyclic amines) is 1. The Balaban J connectivity index is 1.74. The quantitative estimate of drug-likeness (QED) is 0.784. The Hall–Kier alpha value is -2.89. The van der Waals surface area contributed by atoms with Gasteiger partial charge in [0, 0.05) is 30.7 Å². The molecule has 1 aliphatic rings. The molecule has 2 aromatic rings. The first-order valence-corrected chi connectivity index (χ1v) is 10.6. The molecule has 0 aliphatic carbocycles. The second-order valence-corrected chi connectivity index (χ2v) is 7.93. The molecular weight excluding hydrogens is 378 g/mol. The van der Waals surface area contributed by atoms with Gasteiger partial charge in [0.25, 0.3) is 11.8 Å². The number of methoxy groups -OCH3 is 1. The van der Waals surface area contributed by atoms with Crippen LogP contribution in [0.5, 0.6) is 5.75 Å². The maximum atomic E-state index is 13.0. The molecule has 160 valence electrons. The second-order valence-electron chi connectivity index (χ2n) is 7.93. The second kappa shape index (κ2) is 9.74. The fraction of sp³-hybridized carbons (Fsp3) is 0.458. The lowest BCUT2D eigenvalue weighted by atomic mass is 9.89. The molecule has 30 heavy (non-hydrogen) atoms. The number of benzene rings is 1. The highest BCUT2D eigenvalue weighted by atomic mass is 16.5. The van der Waals surface area contributed by atoms with E-state index in [1.165, 1.54) is 0 Å². The molecule has 1 aliphatic heterocycles. The van der Waals surface area contributed by atoms with Gasteiger partial charge in [0.15, 0.2) is 0 Å². The molecule has 1 saturated heterocycles. The molecule has 0 saturated carbocycles. The van der Waals surface area contributed by atoms with Crippen LogP contribution < -0.4 is 10.1 Å². The summed E-state index contributed by atoms with van der Waals surface area (Å²) in [4.78, 5) is 32.3. The van der Waals surface area contributed by atoms with Gasteiger partial charge in [0.1, 0.15) is 5.75 Å². The first-order chi connectivity index (χ1) is 14.4. The number of hydrogen-bond donors (Lipinski definition) is 1. The average Bonchev–Trinajstić information content (AvgIpc) is 2.78. The molecule has 6 heteroatoms. The van der Waals surface area contributed by atoms with Crippen LogP contribution in [0, 0.1) is 6.92 Å². The van der Waals surface area contributed by atoms with Crippen LogP contribution in [0.3, 0.4) is 0 Å². The summed E-state index contributed by atoms with van der Waals surface area (Å²) >= 11 is 0. The van der Waals surface area contributed by atoms with Crippen molar-refractivity contribution in [3.05, 3.63) is 58.9 Å². The molecule has 0 unspecified atom stereocenters. The normalized spacial score (nSPS) is 15.5. The monoisotopic (exact) mass is 409 g/mol. The zero-order chi connectivity index (χ0) is 21.7. The van der Waals surface area contributed by atoms with Crippen molar-refractivity contribution in [3.63, 3.8) is 0 Å². The molecule has 6 nitrogen and oxygen atoms in total. The molecule has 2 amide bonds. The van der Waals surface area contributed by atoms with Gasteiger partial charge in [-0.2, -0.15) is 0 Å². The van der Waals surface area contributed by atoms with E-state index in [2.05, 4.69) is 5.32 Å². The number of amides is 2. The van der Waals surface area contributed by atoms with Gasteiger partial charge in [-0.3, -0.25) is 14.6 Å². The summed E-state index contributed by atoms with van der Waals surface area (Å²) in [6.45, 7) is 7.25. The third-order valence-corrected chi connectivity index (χ3v) is 5.80. The first kappa shape index (κ1) is 21.8. The van der Waals surface area contributed by atoms with E-state index in [1.807, 2.05) is 49.9 Å². The first-order valence-electron chi connectivity index (χ1n) is 10.6. The SMILES string of the molecule is CC[C@H](C)NC(=O)c1ccc(C)nc1C1CCN(C(=O)c2ccccc2OC)CC1. The zero-order valence-electron chi connectivity index (χ0n) is 18.3. The number of nitrogens with one attached hydrogen (secondary N) is 1. The number of rotatable bonds is 6. The number of para-hydroxylation sites is 1. The van der Waals surface area contributed by atoms with E-state index in [1.54, 1.807) is 19.2 Å². The number of aryl methyl sites for hydroxylation is 1. The number of aromatic nitrogens is 1.